The average molecular weight is 382 g/mol. The standard InChI is InChI=1S/C21H22N2O5/c24-18(22-14-21(20(26)27)10-12-28-13-11-21)15-6-8-16(9-7-15)19(25)23-17-4-2-1-3-5-17/h1-9H,10-14H2,(H,22,24)(H,23,25)(H,26,27). The topological polar surface area (TPSA) is 105 Å². The summed E-state index contributed by atoms with van der Waals surface area (Å²) in [5.41, 5.74) is 0.476. The van der Waals surface area contributed by atoms with Crippen LogP contribution in [-0.4, -0.2) is 42.6 Å². The maximum atomic E-state index is 12.4. The van der Waals surface area contributed by atoms with Gasteiger partial charge in [0.15, 0.2) is 0 Å². The van der Waals surface area contributed by atoms with Crippen LogP contribution in [0.3, 0.4) is 0 Å². The van der Waals surface area contributed by atoms with E-state index in [0.717, 1.165) is 0 Å². The molecule has 28 heavy (non-hydrogen) atoms. The molecule has 146 valence electrons. The minimum atomic E-state index is -0.997. The molecule has 2 amide bonds. The molecule has 1 saturated heterocycles. The Hall–Kier alpha value is -3.19. The van der Waals surface area contributed by atoms with Crippen LogP contribution >= 0.6 is 0 Å². The second-order valence-electron chi connectivity index (χ2n) is 6.78. The van der Waals surface area contributed by atoms with E-state index in [-0.39, 0.29) is 18.4 Å². The number of anilines is 1. The van der Waals surface area contributed by atoms with Crippen LogP contribution in [0.25, 0.3) is 0 Å². The third-order valence-corrected chi connectivity index (χ3v) is 4.93. The van der Waals surface area contributed by atoms with E-state index >= 15 is 0 Å². The number of carbonyl (C=O) groups is 3. The molecule has 1 aliphatic rings. The lowest BCUT2D eigenvalue weighted by Gasteiger charge is -2.33. The third-order valence-electron chi connectivity index (χ3n) is 4.93. The molecule has 0 unspecified atom stereocenters. The molecule has 0 aromatic heterocycles. The van der Waals surface area contributed by atoms with Crippen LogP contribution in [0.5, 0.6) is 0 Å². The maximum absolute atomic E-state index is 12.4. The predicted octanol–water partition coefficient (Wildman–Crippen LogP) is 2.55. The van der Waals surface area contributed by atoms with Crippen molar-refractivity contribution < 1.29 is 24.2 Å². The molecule has 0 aliphatic carbocycles. The van der Waals surface area contributed by atoms with Gasteiger partial charge in [0.1, 0.15) is 0 Å². The smallest absolute Gasteiger partial charge is 0.311 e. The summed E-state index contributed by atoms with van der Waals surface area (Å²) in [5, 5.41) is 15.0. The molecule has 2 aromatic rings. The summed E-state index contributed by atoms with van der Waals surface area (Å²) in [6.07, 6.45) is 0.725. The van der Waals surface area contributed by atoms with Crippen molar-refractivity contribution in [3.05, 3.63) is 65.7 Å². The van der Waals surface area contributed by atoms with Gasteiger partial charge in [-0.15, -0.1) is 0 Å². The number of nitrogens with one attached hydrogen (secondary N) is 2. The molecule has 0 radical (unpaired) electrons. The maximum Gasteiger partial charge on any atom is 0.311 e. The second kappa shape index (κ2) is 8.67. The van der Waals surface area contributed by atoms with Gasteiger partial charge in [-0.25, -0.2) is 0 Å². The molecule has 0 bridgehead atoms. The van der Waals surface area contributed by atoms with Crippen molar-refractivity contribution in [1.29, 1.82) is 0 Å². The van der Waals surface area contributed by atoms with Crippen molar-refractivity contribution in [3.8, 4) is 0 Å². The number of hydrogen-bond donors (Lipinski definition) is 3. The van der Waals surface area contributed by atoms with Crippen molar-refractivity contribution >= 4 is 23.5 Å². The molecule has 7 heteroatoms. The number of carbonyl (C=O) groups excluding carboxylic acids is 2. The molecule has 0 saturated carbocycles. The first-order valence-corrected chi connectivity index (χ1v) is 9.06. The summed E-state index contributed by atoms with van der Waals surface area (Å²) in [6.45, 7) is 0.779. The Morgan fingerprint density at radius 3 is 2.04 bits per heavy atom. The lowest BCUT2D eigenvalue weighted by Crippen LogP contribution is -2.46. The van der Waals surface area contributed by atoms with Gasteiger partial charge in [0, 0.05) is 36.6 Å². The highest BCUT2D eigenvalue weighted by Crippen LogP contribution is 2.30. The van der Waals surface area contributed by atoms with Crippen LogP contribution in [0.2, 0.25) is 0 Å². The number of rotatable bonds is 6. The van der Waals surface area contributed by atoms with Crippen LogP contribution in [0.1, 0.15) is 33.6 Å². The van der Waals surface area contributed by atoms with Gasteiger partial charge in [0.25, 0.3) is 11.8 Å². The number of carboxylic acids is 1. The molecule has 1 heterocycles. The van der Waals surface area contributed by atoms with Crippen molar-refractivity contribution in [2.45, 2.75) is 12.8 Å². The van der Waals surface area contributed by atoms with E-state index in [2.05, 4.69) is 10.6 Å². The Morgan fingerprint density at radius 2 is 1.46 bits per heavy atom. The number of carboxylic acid groups (broad SMARTS) is 1. The summed E-state index contributed by atoms with van der Waals surface area (Å²) < 4.78 is 5.23. The minimum absolute atomic E-state index is 0.0424. The molecule has 7 nitrogen and oxygen atoms in total. The SMILES string of the molecule is O=C(NCC1(C(=O)O)CCOCC1)c1ccc(C(=O)Nc2ccccc2)cc1. The van der Waals surface area contributed by atoms with Crippen LogP contribution < -0.4 is 10.6 Å². The van der Waals surface area contributed by atoms with Crippen molar-refractivity contribution in [1.82, 2.24) is 5.32 Å². The summed E-state index contributed by atoms with van der Waals surface area (Å²) in [5.74, 6) is -1.57. The third kappa shape index (κ3) is 4.55. The Bertz CT molecular complexity index is 843. The van der Waals surface area contributed by atoms with E-state index in [4.69, 9.17) is 4.74 Å². The number of hydrogen-bond acceptors (Lipinski definition) is 4. The van der Waals surface area contributed by atoms with E-state index in [9.17, 15) is 19.5 Å². The van der Waals surface area contributed by atoms with Gasteiger partial charge in [-0.3, -0.25) is 14.4 Å². The first kappa shape index (κ1) is 19.6. The normalized spacial score (nSPS) is 15.4. The second-order valence-corrected chi connectivity index (χ2v) is 6.78. The van der Waals surface area contributed by atoms with Gasteiger partial charge in [0.05, 0.1) is 5.41 Å². The summed E-state index contributed by atoms with van der Waals surface area (Å²) in [7, 11) is 0. The number of aliphatic carboxylic acids is 1. The molecule has 1 fully saturated rings. The van der Waals surface area contributed by atoms with E-state index in [1.165, 1.54) is 0 Å². The van der Waals surface area contributed by atoms with Gasteiger partial charge >= 0.3 is 5.97 Å². The Kier molecular flexibility index (Phi) is 6.06. The van der Waals surface area contributed by atoms with Gasteiger partial charge in [-0.1, -0.05) is 18.2 Å². The van der Waals surface area contributed by atoms with Crippen molar-refractivity contribution in [3.63, 3.8) is 0 Å². The van der Waals surface area contributed by atoms with Gasteiger partial charge in [-0.2, -0.15) is 0 Å². The van der Waals surface area contributed by atoms with Gasteiger partial charge < -0.3 is 20.5 Å². The fourth-order valence-electron chi connectivity index (χ4n) is 3.08. The molecule has 1 aliphatic heterocycles. The molecule has 0 spiro atoms. The van der Waals surface area contributed by atoms with E-state index in [1.807, 2.05) is 18.2 Å². The highest BCUT2D eigenvalue weighted by molar-refractivity contribution is 6.05. The fraction of sp³-hybridized carbons (Fsp3) is 0.286. The number of para-hydroxylation sites is 1. The van der Waals surface area contributed by atoms with E-state index in [0.29, 0.717) is 42.9 Å². The van der Waals surface area contributed by atoms with Crippen LogP contribution in [0.15, 0.2) is 54.6 Å². The summed E-state index contributed by atoms with van der Waals surface area (Å²) in [6, 6.07) is 15.3. The zero-order chi connectivity index (χ0) is 20.0. The largest absolute Gasteiger partial charge is 0.481 e. The van der Waals surface area contributed by atoms with Crippen molar-refractivity contribution in [2.24, 2.45) is 5.41 Å². The monoisotopic (exact) mass is 382 g/mol. The fourth-order valence-corrected chi connectivity index (χ4v) is 3.08. The zero-order valence-electron chi connectivity index (χ0n) is 15.3. The first-order valence-electron chi connectivity index (χ1n) is 9.06. The number of benzene rings is 2. The van der Waals surface area contributed by atoms with Crippen LogP contribution in [-0.2, 0) is 9.53 Å². The van der Waals surface area contributed by atoms with Gasteiger partial charge in [0.2, 0.25) is 0 Å². The van der Waals surface area contributed by atoms with E-state index < -0.39 is 11.4 Å². The van der Waals surface area contributed by atoms with Crippen LogP contribution in [0, 0.1) is 5.41 Å². The minimum Gasteiger partial charge on any atom is -0.481 e. The Balaban J connectivity index is 1.60. The molecular formula is C21H22N2O5. The summed E-state index contributed by atoms with van der Waals surface area (Å²) >= 11 is 0. The van der Waals surface area contributed by atoms with Crippen LogP contribution in [0.4, 0.5) is 5.69 Å². The quantitative estimate of drug-likeness (QED) is 0.712. The Labute approximate surface area is 162 Å². The van der Waals surface area contributed by atoms with Crippen molar-refractivity contribution in [2.75, 3.05) is 25.1 Å². The average Bonchev–Trinajstić information content (AvgIpc) is 2.73. The highest BCUT2D eigenvalue weighted by atomic mass is 16.5. The van der Waals surface area contributed by atoms with Gasteiger partial charge in [-0.05, 0) is 49.2 Å². The molecule has 3 rings (SSSR count). The lowest BCUT2D eigenvalue weighted by atomic mass is 9.80. The summed E-state index contributed by atoms with van der Waals surface area (Å²) in [4.78, 5) is 36.3. The molecule has 3 N–H and O–H groups in total. The first-order chi connectivity index (χ1) is 13.5. The molecule has 2 aromatic carbocycles. The number of amides is 2. The molecular weight excluding hydrogens is 360 g/mol. The number of ether oxygens (including phenoxy) is 1. The lowest BCUT2D eigenvalue weighted by molar-refractivity contribution is -0.154. The highest BCUT2D eigenvalue weighted by Gasteiger charge is 2.40. The Morgan fingerprint density at radius 1 is 0.893 bits per heavy atom. The zero-order valence-corrected chi connectivity index (χ0v) is 15.3. The predicted molar refractivity (Wildman–Crippen MR) is 103 cm³/mol. The van der Waals surface area contributed by atoms with E-state index in [1.54, 1.807) is 36.4 Å². The molecule has 0 atom stereocenters.